The van der Waals surface area contributed by atoms with E-state index in [1.54, 1.807) is 24.1 Å². The number of carbonyl (C=O) groups is 1. The fourth-order valence-corrected chi connectivity index (χ4v) is 3.43. The molecule has 1 saturated heterocycles. The summed E-state index contributed by atoms with van der Waals surface area (Å²) in [6.45, 7) is 4.52. The van der Waals surface area contributed by atoms with Crippen LogP contribution in [0.15, 0.2) is 53.1 Å². The van der Waals surface area contributed by atoms with Crippen molar-refractivity contribution < 1.29 is 14.1 Å². The zero-order chi connectivity index (χ0) is 20.9. The monoisotopic (exact) mass is 426 g/mol. The molecule has 1 aliphatic heterocycles. The second-order valence-electron chi connectivity index (χ2n) is 7.27. The molecule has 2 aromatic carbocycles. The van der Waals surface area contributed by atoms with Crippen LogP contribution in [0.5, 0.6) is 0 Å². The second-order valence-corrected chi connectivity index (χ2v) is 7.70. The van der Waals surface area contributed by atoms with Gasteiger partial charge in [-0.2, -0.15) is 4.98 Å². The van der Waals surface area contributed by atoms with E-state index >= 15 is 0 Å². The molecule has 0 N–H and O–H groups in total. The SMILES string of the molecule is CN(Cc1nc(-c2ccc(Cl)cc2)no1)C(=O)c1ccc(CN2CCOCC2)cc1. The highest BCUT2D eigenvalue weighted by Crippen LogP contribution is 2.19. The van der Waals surface area contributed by atoms with Crippen molar-refractivity contribution in [2.45, 2.75) is 13.1 Å². The number of amides is 1. The lowest BCUT2D eigenvalue weighted by Crippen LogP contribution is -2.35. The van der Waals surface area contributed by atoms with E-state index in [0.717, 1.165) is 38.4 Å². The molecule has 0 spiro atoms. The number of hydrogen-bond acceptors (Lipinski definition) is 6. The lowest BCUT2D eigenvalue weighted by Gasteiger charge is -2.26. The third-order valence-corrected chi connectivity index (χ3v) is 5.25. The lowest BCUT2D eigenvalue weighted by atomic mass is 10.1. The van der Waals surface area contributed by atoms with E-state index in [4.69, 9.17) is 20.9 Å². The summed E-state index contributed by atoms with van der Waals surface area (Å²) in [5.74, 6) is 0.744. The van der Waals surface area contributed by atoms with E-state index in [1.807, 2.05) is 36.4 Å². The van der Waals surface area contributed by atoms with Crippen molar-refractivity contribution in [3.05, 3.63) is 70.6 Å². The maximum atomic E-state index is 12.8. The molecular weight excluding hydrogens is 404 g/mol. The number of rotatable bonds is 6. The fourth-order valence-electron chi connectivity index (χ4n) is 3.30. The molecule has 156 valence electrons. The molecule has 1 aliphatic rings. The number of halogens is 1. The molecule has 0 aliphatic carbocycles. The predicted molar refractivity (Wildman–Crippen MR) is 113 cm³/mol. The Morgan fingerprint density at radius 1 is 1.10 bits per heavy atom. The summed E-state index contributed by atoms with van der Waals surface area (Å²) in [6.07, 6.45) is 0. The first-order valence-corrected chi connectivity index (χ1v) is 10.2. The normalized spacial score (nSPS) is 14.6. The highest BCUT2D eigenvalue weighted by Gasteiger charge is 2.17. The molecule has 1 fully saturated rings. The highest BCUT2D eigenvalue weighted by molar-refractivity contribution is 6.30. The lowest BCUT2D eigenvalue weighted by molar-refractivity contribution is 0.0342. The van der Waals surface area contributed by atoms with Crippen LogP contribution >= 0.6 is 11.6 Å². The Balaban J connectivity index is 1.36. The van der Waals surface area contributed by atoms with Gasteiger partial charge in [0.15, 0.2) is 0 Å². The zero-order valence-electron chi connectivity index (χ0n) is 16.8. The average Bonchev–Trinajstić information content (AvgIpc) is 3.23. The number of aromatic nitrogens is 2. The van der Waals surface area contributed by atoms with Gasteiger partial charge >= 0.3 is 0 Å². The van der Waals surface area contributed by atoms with Crippen LogP contribution in [-0.4, -0.2) is 59.2 Å². The summed E-state index contributed by atoms with van der Waals surface area (Å²) < 4.78 is 10.7. The van der Waals surface area contributed by atoms with Crippen LogP contribution in [0.1, 0.15) is 21.8 Å². The third-order valence-electron chi connectivity index (χ3n) is 5.00. The van der Waals surface area contributed by atoms with Gasteiger partial charge in [0, 0.05) is 42.8 Å². The Hall–Kier alpha value is -2.74. The Bertz CT molecular complexity index is 982. The van der Waals surface area contributed by atoms with Gasteiger partial charge in [-0.25, -0.2) is 0 Å². The van der Waals surface area contributed by atoms with E-state index in [2.05, 4.69) is 15.0 Å². The minimum Gasteiger partial charge on any atom is -0.379 e. The standard InChI is InChI=1S/C22H23ClN4O3/c1-26(15-20-24-21(25-30-20)17-6-8-19(23)9-7-17)22(28)18-4-2-16(3-5-18)14-27-10-12-29-13-11-27/h2-9H,10-15H2,1H3. The molecule has 2 heterocycles. The van der Waals surface area contributed by atoms with Gasteiger partial charge in [-0.1, -0.05) is 28.9 Å². The third kappa shape index (κ3) is 5.05. The molecule has 0 bridgehead atoms. The van der Waals surface area contributed by atoms with Gasteiger partial charge in [0.05, 0.1) is 19.8 Å². The molecule has 3 aromatic rings. The minimum absolute atomic E-state index is 0.0980. The first-order chi connectivity index (χ1) is 14.6. The van der Waals surface area contributed by atoms with Gasteiger partial charge in [0.1, 0.15) is 0 Å². The van der Waals surface area contributed by atoms with Crippen LogP contribution in [-0.2, 0) is 17.8 Å². The average molecular weight is 427 g/mol. The van der Waals surface area contributed by atoms with Crippen LogP contribution in [0.3, 0.4) is 0 Å². The van der Waals surface area contributed by atoms with Gasteiger partial charge in [0.2, 0.25) is 11.7 Å². The van der Waals surface area contributed by atoms with E-state index in [-0.39, 0.29) is 12.5 Å². The molecular formula is C22H23ClN4O3. The van der Waals surface area contributed by atoms with Crippen LogP contribution in [0.2, 0.25) is 5.02 Å². The van der Waals surface area contributed by atoms with E-state index in [1.165, 1.54) is 5.56 Å². The first kappa shape index (κ1) is 20.5. The molecule has 8 heteroatoms. The van der Waals surface area contributed by atoms with Crippen molar-refractivity contribution in [1.29, 1.82) is 0 Å². The maximum Gasteiger partial charge on any atom is 0.254 e. The van der Waals surface area contributed by atoms with Crippen LogP contribution in [0.4, 0.5) is 0 Å². The van der Waals surface area contributed by atoms with Crippen molar-refractivity contribution in [2.75, 3.05) is 33.4 Å². The quantitative estimate of drug-likeness (QED) is 0.600. The maximum absolute atomic E-state index is 12.8. The Kier molecular flexibility index (Phi) is 6.42. The Morgan fingerprint density at radius 3 is 2.50 bits per heavy atom. The van der Waals surface area contributed by atoms with Gasteiger partial charge in [-0.15, -0.1) is 0 Å². The summed E-state index contributed by atoms with van der Waals surface area (Å²) in [5.41, 5.74) is 2.61. The van der Waals surface area contributed by atoms with Crippen molar-refractivity contribution in [3.8, 4) is 11.4 Å². The van der Waals surface area contributed by atoms with Crippen LogP contribution in [0.25, 0.3) is 11.4 Å². The molecule has 0 saturated carbocycles. The fraction of sp³-hybridized carbons (Fsp3) is 0.318. The summed E-state index contributed by atoms with van der Waals surface area (Å²) in [6, 6.07) is 14.9. The minimum atomic E-state index is -0.0980. The molecule has 1 aromatic heterocycles. The molecule has 0 atom stereocenters. The molecule has 7 nitrogen and oxygen atoms in total. The topological polar surface area (TPSA) is 71.7 Å². The Morgan fingerprint density at radius 2 is 1.80 bits per heavy atom. The molecule has 1 amide bonds. The Labute approximate surface area is 180 Å². The van der Waals surface area contributed by atoms with E-state index in [0.29, 0.717) is 22.3 Å². The van der Waals surface area contributed by atoms with Crippen LogP contribution < -0.4 is 0 Å². The zero-order valence-corrected chi connectivity index (χ0v) is 17.5. The van der Waals surface area contributed by atoms with Gasteiger partial charge in [-0.3, -0.25) is 9.69 Å². The van der Waals surface area contributed by atoms with Crippen molar-refractivity contribution in [1.82, 2.24) is 19.9 Å². The number of nitrogens with zero attached hydrogens (tertiary/aromatic N) is 4. The number of hydrogen-bond donors (Lipinski definition) is 0. The number of benzene rings is 2. The number of carbonyl (C=O) groups excluding carboxylic acids is 1. The second kappa shape index (κ2) is 9.38. The van der Waals surface area contributed by atoms with Gasteiger partial charge in [-0.05, 0) is 42.0 Å². The molecule has 0 radical (unpaired) electrons. The van der Waals surface area contributed by atoms with E-state index in [9.17, 15) is 4.79 Å². The largest absolute Gasteiger partial charge is 0.379 e. The number of ether oxygens (including phenoxy) is 1. The van der Waals surface area contributed by atoms with Crippen molar-refractivity contribution in [3.63, 3.8) is 0 Å². The molecule has 0 unspecified atom stereocenters. The summed E-state index contributed by atoms with van der Waals surface area (Å²) in [5, 5.41) is 4.63. The first-order valence-electron chi connectivity index (χ1n) is 9.81. The van der Waals surface area contributed by atoms with Crippen molar-refractivity contribution in [2.24, 2.45) is 0 Å². The van der Waals surface area contributed by atoms with E-state index < -0.39 is 0 Å². The molecule has 4 rings (SSSR count). The summed E-state index contributed by atoms with van der Waals surface area (Å²) in [7, 11) is 1.72. The van der Waals surface area contributed by atoms with Gasteiger partial charge in [0.25, 0.3) is 5.91 Å². The van der Waals surface area contributed by atoms with Crippen LogP contribution in [0, 0.1) is 0 Å². The number of morpholine rings is 1. The van der Waals surface area contributed by atoms with Crippen molar-refractivity contribution >= 4 is 17.5 Å². The predicted octanol–water partition coefficient (Wildman–Crippen LogP) is 3.49. The smallest absolute Gasteiger partial charge is 0.254 e. The molecule has 30 heavy (non-hydrogen) atoms. The summed E-state index contributed by atoms with van der Waals surface area (Å²) >= 11 is 5.91. The van der Waals surface area contributed by atoms with Gasteiger partial charge < -0.3 is 14.2 Å². The summed E-state index contributed by atoms with van der Waals surface area (Å²) in [4.78, 5) is 21.0. The highest BCUT2D eigenvalue weighted by atomic mass is 35.5.